The average Bonchev–Trinajstić information content (AvgIpc) is 3.10. The van der Waals surface area contributed by atoms with Gasteiger partial charge in [-0.05, 0) is 55.5 Å². The van der Waals surface area contributed by atoms with E-state index < -0.39 is 5.82 Å². The van der Waals surface area contributed by atoms with Crippen molar-refractivity contribution >= 4 is 39.8 Å². The second-order valence-corrected chi connectivity index (χ2v) is 7.48. The Bertz CT molecular complexity index is 1230. The minimum Gasteiger partial charge on any atom is -0.325 e. The predicted octanol–water partition coefficient (Wildman–Crippen LogP) is 5.03. The Morgan fingerprint density at radius 1 is 1.18 bits per heavy atom. The molecule has 0 saturated heterocycles. The number of anilines is 2. The lowest BCUT2D eigenvalue weighted by molar-refractivity contribution is 0.630. The summed E-state index contributed by atoms with van der Waals surface area (Å²) in [5.74, 6) is 1.35. The number of hydrogen-bond donors (Lipinski definition) is 0. The number of hydrogen-bond acceptors (Lipinski definition) is 4. The van der Waals surface area contributed by atoms with Gasteiger partial charge in [-0.2, -0.15) is 4.98 Å². The van der Waals surface area contributed by atoms with Crippen LogP contribution < -0.4 is 4.90 Å². The Kier molecular flexibility index (Phi) is 3.98. The fraction of sp³-hybridized carbons (Fsp3) is 0.286. The summed E-state index contributed by atoms with van der Waals surface area (Å²) in [7, 11) is 0. The summed E-state index contributed by atoms with van der Waals surface area (Å²) in [4.78, 5) is 6.92. The molecule has 0 atom stereocenters. The van der Waals surface area contributed by atoms with Gasteiger partial charge in [-0.3, -0.25) is 4.40 Å². The topological polar surface area (TPSA) is 46.3 Å². The van der Waals surface area contributed by atoms with Crippen molar-refractivity contribution in [2.45, 2.75) is 33.1 Å². The van der Waals surface area contributed by atoms with Crippen molar-refractivity contribution in [3.05, 3.63) is 58.1 Å². The zero-order chi connectivity index (χ0) is 19.4. The summed E-state index contributed by atoms with van der Waals surface area (Å²) < 4.78 is 16.2. The molecule has 0 saturated carbocycles. The van der Waals surface area contributed by atoms with Gasteiger partial charge in [0.1, 0.15) is 17.5 Å². The van der Waals surface area contributed by atoms with Gasteiger partial charge in [0.25, 0.3) is 5.78 Å². The van der Waals surface area contributed by atoms with Crippen LogP contribution in [-0.2, 0) is 12.8 Å². The lowest BCUT2D eigenvalue weighted by Crippen LogP contribution is -2.26. The SMILES string of the molecule is CCc1cccc2c1CCCN2c1nc2nnc(C)n2c2ccc(F)c(Cl)c12. The van der Waals surface area contributed by atoms with Crippen LogP contribution in [-0.4, -0.2) is 26.1 Å². The van der Waals surface area contributed by atoms with Gasteiger partial charge in [-0.1, -0.05) is 30.7 Å². The van der Waals surface area contributed by atoms with Crippen molar-refractivity contribution in [2.75, 3.05) is 11.4 Å². The predicted molar refractivity (Wildman–Crippen MR) is 109 cm³/mol. The first-order valence-corrected chi connectivity index (χ1v) is 9.85. The minimum absolute atomic E-state index is 0.0776. The van der Waals surface area contributed by atoms with E-state index in [1.807, 2.05) is 11.3 Å². The molecule has 1 aliphatic heterocycles. The lowest BCUT2D eigenvalue weighted by Gasteiger charge is -2.32. The largest absolute Gasteiger partial charge is 0.325 e. The van der Waals surface area contributed by atoms with Crippen LogP contribution in [0.1, 0.15) is 30.3 Å². The van der Waals surface area contributed by atoms with Gasteiger partial charge in [-0.15, -0.1) is 10.2 Å². The molecule has 0 fully saturated rings. The van der Waals surface area contributed by atoms with Crippen molar-refractivity contribution in [3.63, 3.8) is 0 Å². The van der Waals surface area contributed by atoms with Gasteiger partial charge in [0.15, 0.2) is 0 Å². The zero-order valence-corrected chi connectivity index (χ0v) is 16.5. The summed E-state index contributed by atoms with van der Waals surface area (Å²) in [5.41, 5.74) is 4.53. The molecular formula is C21H19ClFN5. The number of fused-ring (bicyclic) bond motifs is 4. The van der Waals surface area contributed by atoms with Crippen LogP contribution in [0.2, 0.25) is 5.02 Å². The van der Waals surface area contributed by atoms with E-state index in [0.29, 0.717) is 22.8 Å². The Balaban J connectivity index is 1.87. The van der Waals surface area contributed by atoms with Crippen LogP contribution in [0, 0.1) is 12.7 Å². The Hall–Kier alpha value is -2.73. The molecule has 0 bridgehead atoms. The molecule has 2 aromatic heterocycles. The highest BCUT2D eigenvalue weighted by Crippen LogP contribution is 2.40. The lowest BCUT2D eigenvalue weighted by atomic mass is 9.94. The van der Waals surface area contributed by atoms with E-state index in [2.05, 4.69) is 40.2 Å². The fourth-order valence-corrected chi connectivity index (χ4v) is 4.48. The molecule has 0 spiro atoms. The van der Waals surface area contributed by atoms with Crippen LogP contribution in [0.3, 0.4) is 0 Å². The van der Waals surface area contributed by atoms with Gasteiger partial charge >= 0.3 is 0 Å². The first kappa shape index (κ1) is 17.4. The van der Waals surface area contributed by atoms with Gasteiger partial charge in [0, 0.05) is 12.2 Å². The molecule has 7 heteroatoms. The molecule has 0 N–H and O–H groups in total. The van der Waals surface area contributed by atoms with Crippen LogP contribution in [0.15, 0.2) is 30.3 Å². The smallest absolute Gasteiger partial charge is 0.257 e. The van der Waals surface area contributed by atoms with E-state index in [9.17, 15) is 4.39 Å². The van der Waals surface area contributed by atoms with Crippen LogP contribution in [0.4, 0.5) is 15.9 Å². The molecule has 4 aromatic rings. The van der Waals surface area contributed by atoms with Crippen LogP contribution in [0.25, 0.3) is 16.7 Å². The second-order valence-electron chi connectivity index (χ2n) is 7.10. The van der Waals surface area contributed by atoms with Crippen molar-refractivity contribution < 1.29 is 4.39 Å². The van der Waals surface area contributed by atoms with Gasteiger partial charge in [0.05, 0.1) is 15.9 Å². The molecule has 0 aliphatic carbocycles. The number of benzene rings is 2. The summed E-state index contributed by atoms with van der Waals surface area (Å²) in [6, 6.07) is 9.45. The van der Waals surface area contributed by atoms with Crippen molar-refractivity contribution in [3.8, 4) is 0 Å². The number of aryl methyl sites for hydroxylation is 2. The Labute approximate surface area is 166 Å². The maximum absolute atomic E-state index is 14.4. The van der Waals surface area contributed by atoms with E-state index >= 15 is 0 Å². The molecule has 5 rings (SSSR count). The Morgan fingerprint density at radius 3 is 2.86 bits per heavy atom. The third-order valence-corrected chi connectivity index (χ3v) is 5.90. The number of nitrogens with zero attached hydrogens (tertiary/aromatic N) is 5. The van der Waals surface area contributed by atoms with Crippen LogP contribution >= 0.6 is 11.6 Å². The van der Waals surface area contributed by atoms with Crippen LogP contribution in [0.5, 0.6) is 0 Å². The zero-order valence-electron chi connectivity index (χ0n) is 15.7. The Morgan fingerprint density at radius 2 is 2.04 bits per heavy atom. The number of aromatic nitrogens is 4. The average molecular weight is 396 g/mol. The van der Waals surface area contributed by atoms with Gasteiger partial charge in [-0.25, -0.2) is 4.39 Å². The standard InChI is InChI=1S/C21H19ClFN5/c1-3-13-6-4-8-16-14(13)7-5-11-27(16)20-18-17(10-9-15(23)19(18)22)28-12(2)25-26-21(28)24-20/h4,6,8-10H,3,5,7,11H2,1-2H3. The molecule has 5 nitrogen and oxygen atoms in total. The van der Waals surface area contributed by atoms with E-state index in [4.69, 9.17) is 16.6 Å². The molecular weight excluding hydrogens is 377 g/mol. The molecule has 2 aromatic carbocycles. The molecule has 142 valence electrons. The van der Waals surface area contributed by atoms with Crippen molar-refractivity contribution in [1.82, 2.24) is 19.6 Å². The summed E-state index contributed by atoms with van der Waals surface area (Å²) >= 11 is 6.46. The van der Waals surface area contributed by atoms with Crippen molar-refractivity contribution in [1.29, 1.82) is 0 Å². The summed E-state index contributed by atoms with van der Waals surface area (Å²) in [6.07, 6.45) is 3.00. The molecule has 0 amide bonds. The second kappa shape index (κ2) is 6.41. The monoisotopic (exact) mass is 395 g/mol. The summed E-state index contributed by atoms with van der Waals surface area (Å²) in [6.45, 7) is 4.81. The molecule has 28 heavy (non-hydrogen) atoms. The highest BCUT2D eigenvalue weighted by atomic mass is 35.5. The quantitative estimate of drug-likeness (QED) is 0.478. The van der Waals surface area contributed by atoms with Gasteiger partial charge < -0.3 is 4.90 Å². The van der Waals surface area contributed by atoms with Gasteiger partial charge in [0.2, 0.25) is 0 Å². The van der Waals surface area contributed by atoms with Crippen molar-refractivity contribution in [2.24, 2.45) is 0 Å². The fourth-order valence-electron chi connectivity index (χ4n) is 4.24. The van der Waals surface area contributed by atoms with E-state index in [-0.39, 0.29) is 5.02 Å². The minimum atomic E-state index is -0.457. The first-order chi connectivity index (χ1) is 13.6. The molecule has 1 aliphatic rings. The molecule has 3 heterocycles. The summed E-state index contributed by atoms with van der Waals surface area (Å²) in [5, 5.41) is 9.02. The van der Waals surface area contributed by atoms with E-state index in [0.717, 1.165) is 37.0 Å². The normalized spacial score (nSPS) is 14.1. The maximum Gasteiger partial charge on any atom is 0.257 e. The van der Waals surface area contributed by atoms with E-state index in [1.165, 1.54) is 17.2 Å². The highest BCUT2D eigenvalue weighted by Gasteiger charge is 2.26. The number of rotatable bonds is 2. The number of halogens is 2. The third kappa shape index (κ3) is 2.41. The third-order valence-electron chi connectivity index (χ3n) is 5.54. The van der Waals surface area contributed by atoms with E-state index in [1.54, 1.807) is 6.07 Å². The molecule has 0 unspecified atom stereocenters. The molecule has 0 radical (unpaired) electrons. The highest BCUT2D eigenvalue weighted by molar-refractivity contribution is 6.36. The first-order valence-electron chi connectivity index (χ1n) is 9.48. The maximum atomic E-state index is 14.4.